The van der Waals surface area contributed by atoms with Gasteiger partial charge in [-0.3, -0.25) is 9.59 Å². The van der Waals surface area contributed by atoms with Crippen LogP contribution in [0.5, 0.6) is 0 Å². The topological polar surface area (TPSA) is 40.6 Å². The molecular formula is C23H28N2O2. The van der Waals surface area contributed by atoms with E-state index in [1.807, 2.05) is 60.5 Å². The van der Waals surface area contributed by atoms with Gasteiger partial charge in [-0.2, -0.15) is 0 Å². The van der Waals surface area contributed by atoms with Crippen molar-refractivity contribution in [2.24, 2.45) is 5.92 Å². The van der Waals surface area contributed by atoms with Crippen LogP contribution < -0.4 is 0 Å². The number of amides is 2. The number of allylic oxidation sites excluding steroid dienone is 1. The number of hydrogen-bond donors (Lipinski definition) is 0. The van der Waals surface area contributed by atoms with Gasteiger partial charge in [0, 0.05) is 32.2 Å². The molecule has 0 aromatic heterocycles. The van der Waals surface area contributed by atoms with Gasteiger partial charge in [0.15, 0.2) is 0 Å². The summed E-state index contributed by atoms with van der Waals surface area (Å²) in [7, 11) is 1.86. The van der Waals surface area contributed by atoms with E-state index in [4.69, 9.17) is 0 Å². The van der Waals surface area contributed by atoms with E-state index in [0.717, 1.165) is 48.6 Å². The summed E-state index contributed by atoms with van der Waals surface area (Å²) in [5.41, 5.74) is 0.723. The highest BCUT2D eigenvalue weighted by Crippen LogP contribution is 2.24. The monoisotopic (exact) mass is 364 g/mol. The average molecular weight is 364 g/mol. The molecule has 0 saturated carbocycles. The highest BCUT2D eigenvalue weighted by Gasteiger charge is 2.30. The zero-order chi connectivity index (χ0) is 19.2. The number of piperidine rings is 1. The van der Waals surface area contributed by atoms with Gasteiger partial charge < -0.3 is 9.80 Å². The average Bonchev–Trinajstić information content (AvgIpc) is 2.72. The molecule has 4 nitrogen and oxygen atoms in total. The lowest BCUT2D eigenvalue weighted by Gasteiger charge is -2.34. The molecule has 1 fully saturated rings. The molecule has 1 aliphatic rings. The zero-order valence-electron chi connectivity index (χ0n) is 16.1. The number of rotatable bonds is 6. The minimum atomic E-state index is -0.105. The van der Waals surface area contributed by atoms with Crippen LogP contribution in [-0.2, 0) is 4.79 Å². The van der Waals surface area contributed by atoms with Gasteiger partial charge in [0.25, 0.3) is 5.91 Å². The van der Waals surface area contributed by atoms with Crippen molar-refractivity contribution in [3.05, 3.63) is 60.7 Å². The number of hydrogen-bond acceptors (Lipinski definition) is 2. The molecule has 0 spiro atoms. The number of carbonyl (C=O) groups excluding carboxylic acids is 2. The van der Waals surface area contributed by atoms with Crippen LogP contribution in [0.1, 0.15) is 36.0 Å². The lowest BCUT2D eigenvalue weighted by molar-refractivity contribution is -0.135. The summed E-state index contributed by atoms with van der Waals surface area (Å²) in [6.07, 6.45) is 5.44. The Morgan fingerprint density at radius 3 is 2.81 bits per heavy atom. The predicted molar refractivity (Wildman–Crippen MR) is 110 cm³/mol. The fraction of sp³-hybridized carbons (Fsp3) is 0.391. The van der Waals surface area contributed by atoms with Crippen LogP contribution >= 0.6 is 0 Å². The van der Waals surface area contributed by atoms with Crippen molar-refractivity contribution in [3.8, 4) is 0 Å². The number of unbranched alkanes of at least 4 members (excludes halogenated alkanes) is 1. The van der Waals surface area contributed by atoms with E-state index in [1.165, 1.54) is 0 Å². The summed E-state index contributed by atoms with van der Waals surface area (Å²) in [5, 5.41) is 2.04. The molecule has 142 valence electrons. The lowest BCUT2D eigenvalue weighted by Crippen LogP contribution is -2.46. The Morgan fingerprint density at radius 1 is 1.22 bits per heavy atom. The molecule has 0 N–H and O–H groups in total. The molecule has 1 unspecified atom stereocenters. The Kier molecular flexibility index (Phi) is 6.28. The van der Waals surface area contributed by atoms with Gasteiger partial charge in [-0.1, -0.05) is 42.5 Å². The molecule has 1 heterocycles. The highest BCUT2D eigenvalue weighted by atomic mass is 16.2. The minimum Gasteiger partial charge on any atom is -0.345 e. The summed E-state index contributed by atoms with van der Waals surface area (Å²) in [6.45, 7) is 5.68. The fourth-order valence-electron chi connectivity index (χ4n) is 3.84. The molecule has 4 heteroatoms. The number of carbonyl (C=O) groups is 2. The van der Waals surface area contributed by atoms with E-state index in [0.29, 0.717) is 13.1 Å². The lowest BCUT2D eigenvalue weighted by atomic mass is 9.95. The maximum atomic E-state index is 13.2. The van der Waals surface area contributed by atoms with E-state index in [1.54, 1.807) is 4.90 Å². The third-order valence-electron chi connectivity index (χ3n) is 5.36. The number of benzene rings is 2. The Labute approximate surface area is 161 Å². The van der Waals surface area contributed by atoms with Gasteiger partial charge in [0.1, 0.15) is 0 Å². The van der Waals surface area contributed by atoms with Gasteiger partial charge >= 0.3 is 0 Å². The highest BCUT2D eigenvalue weighted by molar-refractivity contribution is 6.07. The van der Waals surface area contributed by atoms with E-state index in [2.05, 4.69) is 6.58 Å². The van der Waals surface area contributed by atoms with E-state index in [-0.39, 0.29) is 17.7 Å². The summed E-state index contributed by atoms with van der Waals surface area (Å²) in [6, 6.07) is 13.8. The van der Waals surface area contributed by atoms with Gasteiger partial charge in [-0.05, 0) is 42.5 Å². The first-order valence-electron chi connectivity index (χ1n) is 9.74. The number of likely N-dealkylation sites (tertiary alicyclic amines) is 1. The van der Waals surface area contributed by atoms with Crippen molar-refractivity contribution in [3.63, 3.8) is 0 Å². The molecule has 2 aromatic carbocycles. The maximum Gasteiger partial charge on any atom is 0.254 e. The molecule has 27 heavy (non-hydrogen) atoms. The van der Waals surface area contributed by atoms with E-state index < -0.39 is 0 Å². The zero-order valence-corrected chi connectivity index (χ0v) is 16.1. The Balaban J connectivity index is 1.71. The summed E-state index contributed by atoms with van der Waals surface area (Å²) in [4.78, 5) is 29.6. The standard InChI is InChI=1S/C23H28N2O2/c1-3-4-7-15-24(2)22(26)19-12-9-16-25(17-19)23(27)21-14-8-11-18-10-5-6-13-20(18)21/h3,5-6,8,10-11,13-14,19H,1,4,7,9,12,15-17H2,2H3. The smallest absolute Gasteiger partial charge is 0.254 e. The molecule has 2 aromatic rings. The van der Waals surface area contributed by atoms with E-state index in [9.17, 15) is 9.59 Å². The van der Waals surface area contributed by atoms with Crippen molar-refractivity contribution in [1.82, 2.24) is 9.80 Å². The third-order valence-corrected chi connectivity index (χ3v) is 5.36. The van der Waals surface area contributed by atoms with Gasteiger partial charge in [-0.15, -0.1) is 6.58 Å². The van der Waals surface area contributed by atoms with Crippen LogP contribution in [-0.4, -0.2) is 48.3 Å². The summed E-state index contributed by atoms with van der Waals surface area (Å²) < 4.78 is 0. The molecular weight excluding hydrogens is 336 g/mol. The number of fused-ring (bicyclic) bond motifs is 1. The molecule has 1 saturated heterocycles. The second kappa shape index (κ2) is 8.85. The normalized spacial score (nSPS) is 16.9. The van der Waals surface area contributed by atoms with Crippen LogP contribution in [0.25, 0.3) is 10.8 Å². The van der Waals surface area contributed by atoms with Crippen LogP contribution in [0.4, 0.5) is 0 Å². The first-order valence-corrected chi connectivity index (χ1v) is 9.74. The summed E-state index contributed by atoms with van der Waals surface area (Å²) in [5.74, 6) is 0.0690. The molecule has 1 atom stereocenters. The molecule has 0 bridgehead atoms. The SMILES string of the molecule is C=CCCCN(C)C(=O)C1CCCN(C(=O)c2cccc3ccccc23)C1. The Bertz CT molecular complexity index is 825. The Hall–Kier alpha value is -2.62. The van der Waals surface area contributed by atoms with Crippen LogP contribution in [0.2, 0.25) is 0 Å². The summed E-state index contributed by atoms with van der Waals surface area (Å²) >= 11 is 0. The second-order valence-electron chi connectivity index (χ2n) is 7.31. The predicted octanol–water partition coefficient (Wildman–Crippen LogP) is 4.12. The fourth-order valence-corrected chi connectivity index (χ4v) is 3.84. The molecule has 1 aliphatic heterocycles. The quantitative estimate of drug-likeness (QED) is 0.571. The first kappa shape index (κ1) is 19.2. The van der Waals surface area contributed by atoms with Crippen molar-refractivity contribution in [2.45, 2.75) is 25.7 Å². The van der Waals surface area contributed by atoms with Gasteiger partial charge in [0.2, 0.25) is 5.91 Å². The van der Waals surface area contributed by atoms with Crippen molar-refractivity contribution >= 4 is 22.6 Å². The van der Waals surface area contributed by atoms with Crippen molar-refractivity contribution < 1.29 is 9.59 Å². The largest absolute Gasteiger partial charge is 0.345 e. The first-order chi connectivity index (χ1) is 13.1. The van der Waals surface area contributed by atoms with Crippen LogP contribution in [0, 0.1) is 5.92 Å². The molecule has 0 aliphatic carbocycles. The molecule has 2 amide bonds. The van der Waals surface area contributed by atoms with Crippen LogP contribution in [0.15, 0.2) is 55.1 Å². The van der Waals surface area contributed by atoms with Crippen LogP contribution in [0.3, 0.4) is 0 Å². The minimum absolute atomic E-state index is 0.0265. The van der Waals surface area contributed by atoms with Crippen molar-refractivity contribution in [2.75, 3.05) is 26.7 Å². The number of nitrogens with zero attached hydrogens (tertiary/aromatic N) is 2. The Morgan fingerprint density at radius 2 is 2.00 bits per heavy atom. The maximum absolute atomic E-state index is 13.2. The third kappa shape index (κ3) is 4.38. The van der Waals surface area contributed by atoms with E-state index >= 15 is 0 Å². The van der Waals surface area contributed by atoms with Gasteiger partial charge in [-0.25, -0.2) is 0 Å². The van der Waals surface area contributed by atoms with Crippen molar-refractivity contribution in [1.29, 1.82) is 0 Å². The molecule has 3 rings (SSSR count). The second-order valence-corrected chi connectivity index (χ2v) is 7.31. The van der Waals surface area contributed by atoms with Gasteiger partial charge in [0.05, 0.1) is 5.92 Å². The molecule has 0 radical (unpaired) electrons.